The molecule has 0 spiro atoms. The summed E-state index contributed by atoms with van der Waals surface area (Å²) in [6.07, 6.45) is -3.10. The minimum atomic E-state index is -4.44. The summed E-state index contributed by atoms with van der Waals surface area (Å²) >= 11 is 0. The molecule has 0 aliphatic heterocycles. The number of nitrogens with zero attached hydrogens (tertiary/aromatic N) is 1. The fourth-order valence-electron chi connectivity index (χ4n) is 3.51. The molecular formula is C20H20F3N3O2S. The molecule has 1 aromatic heterocycles. The van der Waals surface area contributed by atoms with Gasteiger partial charge in [0.2, 0.25) is 10.0 Å². The number of hydrogen-bond acceptors (Lipinski definition) is 3. The summed E-state index contributed by atoms with van der Waals surface area (Å²) in [5, 5.41) is 0.219. The monoisotopic (exact) mass is 423 g/mol. The Labute approximate surface area is 166 Å². The molecule has 0 amide bonds. The van der Waals surface area contributed by atoms with E-state index in [9.17, 15) is 21.6 Å². The average Bonchev–Trinajstić information content (AvgIpc) is 3.47. The lowest BCUT2D eigenvalue weighted by Crippen LogP contribution is -2.17. The van der Waals surface area contributed by atoms with Gasteiger partial charge in [-0.2, -0.15) is 13.2 Å². The molecule has 3 N–H and O–H groups in total. The minimum absolute atomic E-state index is 0.330. The van der Waals surface area contributed by atoms with Crippen LogP contribution in [0.1, 0.15) is 25.3 Å². The van der Waals surface area contributed by atoms with Crippen molar-refractivity contribution >= 4 is 32.3 Å². The summed E-state index contributed by atoms with van der Waals surface area (Å²) in [6, 6.07) is 10.2. The van der Waals surface area contributed by atoms with Crippen molar-refractivity contribution in [1.29, 1.82) is 0 Å². The predicted octanol–water partition coefficient (Wildman–Crippen LogP) is 4.83. The lowest BCUT2D eigenvalue weighted by molar-refractivity contribution is -0.137. The van der Waals surface area contributed by atoms with Crippen molar-refractivity contribution < 1.29 is 21.6 Å². The van der Waals surface area contributed by atoms with Crippen molar-refractivity contribution in [2.45, 2.75) is 37.7 Å². The fraction of sp³-hybridized carbons (Fsp3) is 0.300. The highest BCUT2D eigenvalue weighted by molar-refractivity contribution is 7.93. The van der Waals surface area contributed by atoms with E-state index in [4.69, 9.17) is 5.73 Å². The van der Waals surface area contributed by atoms with Crippen molar-refractivity contribution in [2.75, 3.05) is 10.5 Å². The second-order valence-corrected chi connectivity index (χ2v) is 9.12. The summed E-state index contributed by atoms with van der Waals surface area (Å²) < 4.78 is 67.8. The Morgan fingerprint density at radius 2 is 1.79 bits per heavy atom. The number of rotatable bonds is 5. The third kappa shape index (κ3) is 3.55. The normalized spacial score (nSPS) is 15.0. The Kier molecular flexibility index (Phi) is 4.53. The van der Waals surface area contributed by atoms with E-state index in [0.717, 1.165) is 12.1 Å². The highest BCUT2D eigenvalue weighted by atomic mass is 32.2. The van der Waals surface area contributed by atoms with Gasteiger partial charge >= 0.3 is 6.18 Å². The molecule has 0 saturated heterocycles. The van der Waals surface area contributed by atoms with E-state index in [-0.39, 0.29) is 5.25 Å². The Morgan fingerprint density at radius 1 is 1.14 bits per heavy atom. The quantitative estimate of drug-likeness (QED) is 0.617. The maximum Gasteiger partial charge on any atom is 0.416 e. The summed E-state index contributed by atoms with van der Waals surface area (Å²) in [6.45, 7) is 2.27. The Morgan fingerprint density at radius 3 is 2.34 bits per heavy atom. The number of nitrogens with one attached hydrogen (secondary N) is 1. The van der Waals surface area contributed by atoms with Crippen LogP contribution in [0.25, 0.3) is 22.2 Å². The molecule has 1 saturated carbocycles. The second kappa shape index (κ2) is 6.69. The maximum absolute atomic E-state index is 13.1. The number of anilines is 2. The fourth-order valence-corrected chi connectivity index (χ4v) is 4.90. The number of alkyl halides is 3. The van der Waals surface area contributed by atoms with Crippen LogP contribution in [0.15, 0.2) is 42.5 Å². The van der Waals surface area contributed by atoms with Crippen LogP contribution < -0.4 is 10.5 Å². The Bertz CT molecular complexity index is 1180. The first-order valence-corrected chi connectivity index (χ1v) is 10.8. The topological polar surface area (TPSA) is 77.1 Å². The van der Waals surface area contributed by atoms with Gasteiger partial charge in [-0.15, -0.1) is 0 Å². The zero-order chi connectivity index (χ0) is 21.0. The third-order valence-corrected chi connectivity index (χ3v) is 7.00. The zero-order valence-corrected chi connectivity index (χ0v) is 16.4. The molecule has 5 nitrogen and oxygen atoms in total. The number of sulfonamides is 1. The average molecular weight is 423 g/mol. The van der Waals surface area contributed by atoms with E-state index in [1.54, 1.807) is 28.8 Å². The van der Waals surface area contributed by atoms with Crippen LogP contribution in [0.2, 0.25) is 0 Å². The number of nitrogen functional groups attached to an aromatic ring is 1. The molecule has 154 valence electrons. The maximum atomic E-state index is 13.1. The van der Waals surface area contributed by atoms with E-state index >= 15 is 0 Å². The molecule has 0 bridgehead atoms. The van der Waals surface area contributed by atoms with Crippen molar-refractivity contribution in [1.82, 2.24) is 4.57 Å². The molecule has 2 aromatic carbocycles. The van der Waals surface area contributed by atoms with Crippen LogP contribution in [0, 0.1) is 0 Å². The predicted molar refractivity (Wildman–Crippen MR) is 108 cm³/mol. The lowest BCUT2D eigenvalue weighted by Gasteiger charge is -2.12. The first-order chi connectivity index (χ1) is 13.6. The van der Waals surface area contributed by atoms with E-state index < -0.39 is 21.8 Å². The number of aromatic nitrogens is 1. The number of fused-ring (bicyclic) bond motifs is 1. The highest BCUT2D eigenvalue weighted by Gasteiger charge is 2.35. The van der Waals surface area contributed by atoms with Crippen LogP contribution in [-0.2, 0) is 22.7 Å². The SMILES string of the molecule is CCn1c(-c2ccc(NS(=O)(=O)C3CC3)cc2)c(N)c2ccc(C(F)(F)F)cc21. The van der Waals surface area contributed by atoms with Crippen LogP contribution in [0.5, 0.6) is 0 Å². The summed E-state index contributed by atoms with van der Waals surface area (Å²) in [5.41, 5.74) is 8.10. The molecule has 0 atom stereocenters. The molecule has 1 heterocycles. The standard InChI is InChI=1S/C20H20F3N3O2S/c1-2-26-17-11-13(20(21,22)23)5-10-16(17)18(24)19(26)12-3-6-14(7-4-12)25-29(27,28)15-8-9-15/h3-7,10-11,15,25H,2,8-9,24H2,1H3. The number of halogens is 3. The smallest absolute Gasteiger partial charge is 0.396 e. The van der Waals surface area contributed by atoms with Crippen molar-refractivity contribution in [3.63, 3.8) is 0 Å². The number of aryl methyl sites for hydroxylation is 1. The van der Waals surface area contributed by atoms with Gasteiger partial charge in [-0.05, 0) is 44.0 Å². The van der Waals surface area contributed by atoms with Gasteiger partial charge in [0.15, 0.2) is 0 Å². The van der Waals surface area contributed by atoms with Gasteiger partial charge in [0.1, 0.15) is 0 Å². The van der Waals surface area contributed by atoms with Gasteiger partial charge in [0.25, 0.3) is 0 Å². The number of hydrogen-bond donors (Lipinski definition) is 2. The molecule has 9 heteroatoms. The van der Waals surface area contributed by atoms with E-state index in [1.165, 1.54) is 6.07 Å². The van der Waals surface area contributed by atoms with Crippen molar-refractivity contribution in [2.24, 2.45) is 0 Å². The molecule has 4 rings (SSSR count). The van der Waals surface area contributed by atoms with Gasteiger partial charge in [-0.3, -0.25) is 4.72 Å². The minimum Gasteiger partial charge on any atom is -0.396 e. The number of nitrogens with two attached hydrogens (primary N) is 1. The van der Waals surface area contributed by atoms with Gasteiger partial charge < -0.3 is 10.3 Å². The molecule has 1 aliphatic rings. The molecule has 1 fully saturated rings. The Hall–Kier alpha value is -2.68. The van der Waals surface area contributed by atoms with Crippen LogP contribution in [0.4, 0.5) is 24.5 Å². The summed E-state index contributed by atoms with van der Waals surface area (Å²) in [7, 11) is -3.36. The molecule has 0 radical (unpaired) electrons. The molecule has 3 aromatic rings. The van der Waals surface area contributed by atoms with Crippen molar-refractivity contribution in [3.8, 4) is 11.3 Å². The van der Waals surface area contributed by atoms with E-state index in [2.05, 4.69) is 4.72 Å². The van der Waals surface area contributed by atoms with Crippen molar-refractivity contribution in [3.05, 3.63) is 48.0 Å². The van der Waals surface area contributed by atoms with Gasteiger partial charge in [0.05, 0.1) is 27.7 Å². The Balaban J connectivity index is 1.76. The van der Waals surface area contributed by atoms with Gasteiger partial charge in [0, 0.05) is 23.2 Å². The third-order valence-electron chi connectivity index (χ3n) is 5.13. The molecule has 1 aliphatic carbocycles. The summed E-state index contributed by atoms with van der Waals surface area (Å²) in [5.74, 6) is 0. The van der Waals surface area contributed by atoms with Crippen LogP contribution in [0.3, 0.4) is 0 Å². The van der Waals surface area contributed by atoms with Crippen LogP contribution in [-0.4, -0.2) is 18.2 Å². The van der Waals surface area contributed by atoms with Gasteiger partial charge in [-0.25, -0.2) is 8.42 Å². The zero-order valence-electron chi connectivity index (χ0n) is 15.6. The highest BCUT2D eigenvalue weighted by Crippen LogP contribution is 2.39. The molecule has 0 unspecified atom stereocenters. The van der Waals surface area contributed by atoms with Gasteiger partial charge in [-0.1, -0.05) is 18.2 Å². The largest absolute Gasteiger partial charge is 0.416 e. The van der Waals surface area contributed by atoms with E-state index in [0.29, 0.717) is 52.9 Å². The molecular weight excluding hydrogens is 403 g/mol. The van der Waals surface area contributed by atoms with E-state index in [1.807, 2.05) is 6.92 Å². The van der Waals surface area contributed by atoms with Crippen LogP contribution >= 0.6 is 0 Å². The summed E-state index contributed by atoms with van der Waals surface area (Å²) in [4.78, 5) is 0. The number of benzene rings is 2. The first-order valence-electron chi connectivity index (χ1n) is 9.23. The first kappa shape index (κ1) is 19.6. The lowest BCUT2D eigenvalue weighted by atomic mass is 10.1. The second-order valence-electron chi connectivity index (χ2n) is 7.16. The molecule has 29 heavy (non-hydrogen) atoms.